The van der Waals surface area contributed by atoms with Gasteiger partial charge in [0.2, 0.25) is 5.91 Å². The second kappa shape index (κ2) is 6.66. The van der Waals surface area contributed by atoms with Crippen LogP contribution in [0.15, 0.2) is 24.3 Å². The lowest BCUT2D eigenvalue weighted by Crippen LogP contribution is -2.35. The summed E-state index contributed by atoms with van der Waals surface area (Å²) in [6, 6.07) is 5.90. The summed E-state index contributed by atoms with van der Waals surface area (Å²) < 4.78 is 10.5. The Hall–Kier alpha value is -1.97. The first-order chi connectivity index (χ1) is 10.1. The Kier molecular flexibility index (Phi) is 4.89. The van der Waals surface area contributed by atoms with Gasteiger partial charge in [0.1, 0.15) is 0 Å². The fourth-order valence-electron chi connectivity index (χ4n) is 2.34. The van der Waals surface area contributed by atoms with Crippen molar-refractivity contribution < 1.29 is 14.3 Å². The molecule has 0 heterocycles. The third kappa shape index (κ3) is 3.78. The second-order valence-electron chi connectivity index (χ2n) is 5.47. The molecule has 0 spiro atoms. The van der Waals surface area contributed by atoms with Crippen molar-refractivity contribution in [1.29, 1.82) is 0 Å². The van der Waals surface area contributed by atoms with Crippen molar-refractivity contribution in [3.63, 3.8) is 0 Å². The van der Waals surface area contributed by atoms with E-state index in [0.29, 0.717) is 23.5 Å². The van der Waals surface area contributed by atoms with E-state index in [4.69, 9.17) is 9.47 Å². The predicted molar refractivity (Wildman–Crippen MR) is 83.5 cm³/mol. The van der Waals surface area contributed by atoms with Crippen LogP contribution in [0.3, 0.4) is 0 Å². The van der Waals surface area contributed by atoms with E-state index >= 15 is 0 Å². The average molecular weight is 289 g/mol. The molecule has 1 aromatic rings. The number of carbonyl (C=O) groups excluding carboxylic acids is 1. The second-order valence-corrected chi connectivity index (χ2v) is 5.47. The van der Waals surface area contributed by atoms with Gasteiger partial charge >= 0.3 is 0 Å². The molecule has 0 aromatic heterocycles. The summed E-state index contributed by atoms with van der Waals surface area (Å²) >= 11 is 0. The highest BCUT2D eigenvalue weighted by molar-refractivity contribution is 5.91. The highest BCUT2D eigenvalue weighted by Crippen LogP contribution is 2.34. The minimum absolute atomic E-state index is 0.0317. The topological polar surface area (TPSA) is 38.8 Å². The van der Waals surface area contributed by atoms with Gasteiger partial charge in [-0.2, -0.15) is 0 Å². The lowest BCUT2D eigenvalue weighted by molar-refractivity contribution is -0.126. The van der Waals surface area contributed by atoms with Crippen molar-refractivity contribution in [2.24, 2.45) is 5.92 Å². The van der Waals surface area contributed by atoms with E-state index in [-0.39, 0.29) is 5.91 Å². The highest BCUT2D eigenvalue weighted by atomic mass is 16.5. The zero-order valence-corrected chi connectivity index (χ0v) is 13.1. The van der Waals surface area contributed by atoms with E-state index < -0.39 is 0 Å². The molecule has 1 amide bonds. The maximum absolute atomic E-state index is 12.2. The number of carbonyl (C=O) groups is 1. The van der Waals surface area contributed by atoms with Crippen molar-refractivity contribution >= 4 is 12.0 Å². The van der Waals surface area contributed by atoms with E-state index in [0.717, 1.165) is 5.56 Å². The van der Waals surface area contributed by atoms with Crippen molar-refractivity contribution in [1.82, 2.24) is 4.90 Å². The number of benzene rings is 1. The monoisotopic (exact) mass is 289 g/mol. The number of methoxy groups -OCH3 is 2. The van der Waals surface area contributed by atoms with Crippen LogP contribution >= 0.6 is 0 Å². The molecule has 0 saturated heterocycles. The summed E-state index contributed by atoms with van der Waals surface area (Å²) in [6.07, 6.45) is 5.89. The first-order valence-electron chi connectivity index (χ1n) is 7.23. The van der Waals surface area contributed by atoms with Crippen LogP contribution in [0.25, 0.3) is 6.08 Å². The lowest BCUT2D eigenvalue weighted by atomic mass is 10.1. The molecule has 1 aliphatic rings. The normalized spacial score (nSPS) is 15.8. The van der Waals surface area contributed by atoms with E-state index in [1.165, 1.54) is 12.8 Å². The number of likely N-dealkylation sites (N-methyl/N-ethyl adjacent to an activating group) is 1. The number of nitrogens with zero attached hydrogens (tertiary/aromatic N) is 1. The van der Waals surface area contributed by atoms with Crippen LogP contribution in [0, 0.1) is 5.92 Å². The Morgan fingerprint density at radius 1 is 1.29 bits per heavy atom. The quantitative estimate of drug-likeness (QED) is 0.756. The molecule has 21 heavy (non-hydrogen) atoms. The van der Waals surface area contributed by atoms with Crippen LogP contribution in [-0.2, 0) is 4.79 Å². The molecule has 4 nitrogen and oxygen atoms in total. The molecule has 0 bridgehead atoms. The van der Waals surface area contributed by atoms with E-state index in [1.807, 2.05) is 30.1 Å². The Labute approximate surface area is 126 Å². The minimum atomic E-state index is 0.0317. The Morgan fingerprint density at radius 2 is 1.95 bits per heavy atom. The number of hydrogen-bond acceptors (Lipinski definition) is 3. The standard InChI is InChI=1S/C17H23NO3/c1-12(14-7-8-14)18(2)17(19)10-6-13-5-9-15(20-3)16(11-13)21-4/h5-6,9-12,14H,7-8H2,1-4H3/b10-6+. The third-order valence-corrected chi connectivity index (χ3v) is 4.09. The summed E-state index contributed by atoms with van der Waals surface area (Å²) in [5.74, 6) is 2.05. The molecule has 0 radical (unpaired) electrons. The summed E-state index contributed by atoms with van der Waals surface area (Å²) in [4.78, 5) is 14.0. The summed E-state index contributed by atoms with van der Waals surface area (Å²) in [5, 5.41) is 0. The number of hydrogen-bond donors (Lipinski definition) is 0. The van der Waals surface area contributed by atoms with Crippen LogP contribution in [-0.4, -0.2) is 38.1 Å². The molecule has 114 valence electrons. The maximum Gasteiger partial charge on any atom is 0.246 e. The Balaban J connectivity index is 2.04. The van der Waals surface area contributed by atoms with Gasteiger partial charge in [0.05, 0.1) is 14.2 Å². The molecular weight excluding hydrogens is 266 g/mol. The lowest BCUT2D eigenvalue weighted by Gasteiger charge is -2.23. The van der Waals surface area contributed by atoms with Crippen LogP contribution < -0.4 is 9.47 Å². The van der Waals surface area contributed by atoms with Gasteiger partial charge in [0.25, 0.3) is 0 Å². The van der Waals surface area contributed by atoms with Gasteiger partial charge in [-0.15, -0.1) is 0 Å². The average Bonchev–Trinajstić information content (AvgIpc) is 3.35. The summed E-state index contributed by atoms with van der Waals surface area (Å²) in [5.41, 5.74) is 0.911. The molecule has 0 aliphatic heterocycles. The van der Waals surface area contributed by atoms with Gasteiger partial charge in [-0.1, -0.05) is 6.07 Å². The molecule has 1 saturated carbocycles. The highest BCUT2D eigenvalue weighted by Gasteiger charge is 2.31. The van der Waals surface area contributed by atoms with E-state index in [2.05, 4.69) is 6.92 Å². The molecule has 0 N–H and O–H groups in total. The van der Waals surface area contributed by atoms with Crippen LogP contribution in [0.5, 0.6) is 11.5 Å². The minimum Gasteiger partial charge on any atom is -0.493 e. The largest absolute Gasteiger partial charge is 0.493 e. The molecule has 4 heteroatoms. The first kappa shape index (κ1) is 15.4. The molecule has 1 atom stereocenters. The number of ether oxygens (including phenoxy) is 2. The van der Waals surface area contributed by atoms with Gasteiger partial charge in [-0.3, -0.25) is 4.79 Å². The predicted octanol–water partition coefficient (Wildman–Crippen LogP) is 2.97. The zero-order valence-electron chi connectivity index (χ0n) is 13.1. The first-order valence-corrected chi connectivity index (χ1v) is 7.23. The fourth-order valence-corrected chi connectivity index (χ4v) is 2.34. The van der Waals surface area contributed by atoms with Crippen molar-refractivity contribution in [3.8, 4) is 11.5 Å². The number of amides is 1. The molecule has 1 fully saturated rings. The molecular formula is C17H23NO3. The van der Waals surface area contributed by atoms with Gasteiger partial charge < -0.3 is 14.4 Å². The summed E-state index contributed by atoms with van der Waals surface area (Å²) in [7, 11) is 5.07. The van der Waals surface area contributed by atoms with Gasteiger partial charge in [0.15, 0.2) is 11.5 Å². The molecule has 1 aliphatic carbocycles. The smallest absolute Gasteiger partial charge is 0.246 e. The Bertz CT molecular complexity index is 535. The van der Waals surface area contributed by atoms with Gasteiger partial charge in [-0.05, 0) is 49.5 Å². The van der Waals surface area contributed by atoms with E-state index in [9.17, 15) is 4.79 Å². The molecule has 1 aromatic carbocycles. The maximum atomic E-state index is 12.2. The van der Waals surface area contributed by atoms with Crippen molar-refractivity contribution in [2.45, 2.75) is 25.8 Å². The zero-order chi connectivity index (χ0) is 15.4. The van der Waals surface area contributed by atoms with Crippen LogP contribution in [0.2, 0.25) is 0 Å². The van der Waals surface area contributed by atoms with Crippen LogP contribution in [0.4, 0.5) is 0 Å². The third-order valence-electron chi connectivity index (χ3n) is 4.09. The van der Waals surface area contributed by atoms with Gasteiger partial charge in [0, 0.05) is 19.2 Å². The SMILES string of the molecule is COc1ccc(/C=C/C(=O)N(C)C(C)C2CC2)cc1OC. The molecule has 1 unspecified atom stereocenters. The number of rotatable bonds is 6. The fraction of sp³-hybridized carbons (Fsp3) is 0.471. The van der Waals surface area contributed by atoms with E-state index in [1.54, 1.807) is 26.4 Å². The van der Waals surface area contributed by atoms with Gasteiger partial charge in [-0.25, -0.2) is 0 Å². The van der Waals surface area contributed by atoms with Crippen molar-refractivity contribution in [3.05, 3.63) is 29.8 Å². The molecule has 2 rings (SSSR count). The van der Waals surface area contributed by atoms with Crippen LogP contribution in [0.1, 0.15) is 25.3 Å². The summed E-state index contributed by atoms with van der Waals surface area (Å²) in [6.45, 7) is 2.11. The van der Waals surface area contributed by atoms with Crippen molar-refractivity contribution in [2.75, 3.05) is 21.3 Å². The Morgan fingerprint density at radius 3 is 2.52 bits per heavy atom.